The summed E-state index contributed by atoms with van der Waals surface area (Å²) >= 11 is 1.29. The van der Waals surface area contributed by atoms with Crippen molar-refractivity contribution in [3.05, 3.63) is 71.0 Å². The summed E-state index contributed by atoms with van der Waals surface area (Å²) in [6, 6.07) is 11.7. The number of carbonyl (C=O) groups excluding carboxylic acids is 2. The van der Waals surface area contributed by atoms with Gasteiger partial charge in [0.2, 0.25) is 5.91 Å². The molecule has 3 aromatic heterocycles. The van der Waals surface area contributed by atoms with Gasteiger partial charge in [0.15, 0.2) is 0 Å². The van der Waals surface area contributed by atoms with Crippen LogP contribution in [0.4, 0.5) is 10.2 Å². The molecule has 3 heterocycles. The van der Waals surface area contributed by atoms with Crippen LogP contribution in [0.5, 0.6) is 0 Å². The van der Waals surface area contributed by atoms with E-state index >= 15 is 4.39 Å². The number of nitrogen functional groups attached to an aromatic ring is 1. The first kappa shape index (κ1) is 24.0. The molecule has 9 nitrogen and oxygen atoms in total. The van der Waals surface area contributed by atoms with Crippen molar-refractivity contribution in [3.63, 3.8) is 0 Å². The third kappa shape index (κ3) is 4.14. The number of anilines is 1. The number of nitrogens with zero attached hydrogens (tertiary/aromatic N) is 6. The zero-order valence-corrected chi connectivity index (χ0v) is 21.6. The Bertz CT molecular complexity index is 1710. The molecule has 0 bridgehead atoms. The van der Waals surface area contributed by atoms with Crippen molar-refractivity contribution < 1.29 is 14.0 Å². The summed E-state index contributed by atoms with van der Waals surface area (Å²) in [6.07, 6.45) is 3.20. The average molecular weight is 530 g/mol. The van der Waals surface area contributed by atoms with Gasteiger partial charge in [0.05, 0.1) is 34.9 Å². The second-order valence-electron chi connectivity index (χ2n) is 9.45. The average Bonchev–Trinajstić information content (AvgIpc) is 3.46. The van der Waals surface area contributed by atoms with Gasteiger partial charge in [0.1, 0.15) is 11.6 Å². The van der Waals surface area contributed by atoms with E-state index in [0.29, 0.717) is 38.9 Å². The van der Waals surface area contributed by atoms with E-state index in [9.17, 15) is 9.59 Å². The molecule has 0 saturated heterocycles. The first-order valence-electron chi connectivity index (χ1n) is 12.1. The summed E-state index contributed by atoms with van der Waals surface area (Å²) in [5, 5.41) is 10.1. The van der Waals surface area contributed by atoms with Crippen LogP contribution < -0.4 is 5.73 Å². The SMILES string of the molecule is CN(C(=O)C1CC1)N(Cc1ccc(-c2ccsn2)cc1F)C(=O)c1ccc2nc(N)c3cnn(C)c3c2c1. The number of hydrogen-bond donors (Lipinski definition) is 1. The molecule has 2 aromatic carbocycles. The van der Waals surface area contributed by atoms with Gasteiger partial charge in [-0.15, -0.1) is 0 Å². The number of aryl methyl sites for hydroxylation is 1. The van der Waals surface area contributed by atoms with Crippen LogP contribution in [0.25, 0.3) is 33.1 Å². The van der Waals surface area contributed by atoms with E-state index in [1.54, 1.807) is 55.3 Å². The number of nitrogens with two attached hydrogens (primary N) is 1. The lowest BCUT2D eigenvalue weighted by Gasteiger charge is -2.32. The number of hydrogen-bond acceptors (Lipinski definition) is 7. The lowest BCUT2D eigenvalue weighted by atomic mass is 10.1. The number of hydrazine groups is 1. The van der Waals surface area contributed by atoms with Gasteiger partial charge in [-0.2, -0.15) is 9.47 Å². The predicted molar refractivity (Wildman–Crippen MR) is 143 cm³/mol. The maximum Gasteiger partial charge on any atom is 0.272 e. The van der Waals surface area contributed by atoms with Crippen LogP contribution in [0.15, 0.2) is 54.0 Å². The maximum atomic E-state index is 15.2. The Morgan fingerprint density at radius 2 is 1.97 bits per heavy atom. The van der Waals surface area contributed by atoms with Crippen molar-refractivity contribution in [3.8, 4) is 11.3 Å². The van der Waals surface area contributed by atoms with Crippen molar-refractivity contribution >= 4 is 51.0 Å². The van der Waals surface area contributed by atoms with Crippen LogP contribution in [-0.4, -0.2) is 48.0 Å². The molecular weight excluding hydrogens is 505 g/mol. The number of rotatable bonds is 5. The predicted octanol–water partition coefficient (Wildman–Crippen LogP) is 4.39. The summed E-state index contributed by atoms with van der Waals surface area (Å²) in [6.45, 7) is -0.115. The second kappa shape index (κ2) is 9.18. The van der Waals surface area contributed by atoms with Gasteiger partial charge in [-0.25, -0.2) is 14.4 Å². The van der Waals surface area contributed by atoms with Gasteiger partial charge in [-0.05, 0) is 54.7 Å². The van der Waals surface area contributed by atoms with E-state index < -0.39 is 11.7 Å². The molecule has 1 aliphatic carbocycles. The van der Waals surface area contributed by atoms with Crippen molar-refractivity contribution in [2.75, 3.05) is 12.8 Å². The van der Waals surface area contributed by atoms with Gasteiger partial charge in [-0.1, -0.05) is 12.1 Å². The third-order valence-corrected chi connectivity index (χ3v) is 7.46. The summed E-state index contributed by atoms with van der Waals surface area (Å²) in [5.74, 6) is -0.839. The quantitative estimate of drug-likeness (QED) is 0.338. The van der Waals surface area contributed by atoms with E-state index in [0.717, 1.165) is 18.4 Å². The third-order valence-electron chi connectivity index (χ3n) is 6.90. The maximum absolute atomic E-state index is 15.2. The lowest BCUT2D eigenvalue weighted by molar-refractivity contribution is -0.144. The largest absolute Gasteiger partial charge is 0.383 e. The molecule has 0 unspecified atom stereocenters. The number of carbonyl (C=O) groups is 2. The standard InChI is InChI=1S/C27H24FN7O2S/c1-33-24-19-11-17(7-8-23(19)31-25(29)20(24)13-30-33)27(37)35(34(2)26(36)15-3-4-15)14-18-6-5-16(12-21(18)28)22-9-10-38-32-22/h5-13,15H,3-4,14H2,1-2H3,(H2,29,31). The van der Waals surface area contributed by atoms with Crippen LogP contribution in [0, 0.1) is 11.7 Å². The minimum atomic E-state index is -0.477. The highest BCUT2D eigenvalue weighted by Crippen LogP contribution is 2.33. The van der Waals surface area contributed by atoms with Crippen LogP contribution in [0.2, 0.25) is 0 Å². The first-order chi connectivity index (χ1) is 18.3. The molecule has 1 aliphatic rings. The number of amides is 2. The van der Waals surface area contributed by atoms with Crippen LogP contribution >= 0.6 is 11.5 Å². The minimum absolute atomic E-state index is 0.115. The van der Waals surface area contributed by atoms with E-state index in [1.807, 2.05) is 11.4 Å². The van der Waals surface area contributed by atoms with E-state index in [1.165, 1.54) is 27.6 Å². The molecule has 0 aliphatic heterocycles. The number of pyridine rings is 1. The smallest absolute Gasteiger partial charge is 0.272 e. The van der Waals surface area contributed by atoms with Gasteiger partial charge < -0.3 is 5.73 Å². The monoisotopic (exact) mass is 529 g/mol. The Hall–Kier alpha value is -4.38. The highest BCUT2D eigenvalue weighted by Gasteiger charge is 2.36. The molecule has 192 valence electrons. The van der Waals surface area contributed by atoms with E-state index in [4.69, 9.17) is 5.73 Å². The Kier molecular flexibility index (Phi) is 5.79. The summed E-state index contributed by atoms with van der Waals surface area (Å²) in [7, 11) is 3.35. The fraction of sp³-hybridized carbons (Fsp3) is 0.222. The lowest BCUT2D eigenvalue weighted by Crippen LogP contribution is -2.47. The van der Waals surface area contributed by atoms with E-state index in [-0.39, 0.29) is 23.9 Å². The normalized spacial score (nSPS) is 13.2. The summed E-state index contributed by atoms with van der Waals surface area (Å²) in [4.78, 5) is 31.4. The minimum Gasteiger partial charge on any atom is -0.383 e. The Morgan fingerprint density at radius 3 is 2.68 bits per heavy atom. The van der Waals surface area contributed by atoms with E-state index in [2.05, 4.69) is 14.5 Å². The molecule has 0 atom stereocenters. The van der Waals surface area contributed by atoms with Gasteiger partial charge >= 0.3 is 0 Å². The zero-order valence-electron chi connectivity index (χ0n) is 20.8. The molecule has 6 rings (SSSR count). The van der Waals surface area contributed by atoms with Crippen molar-refractivity contribution in [1.29, 1.82) is 0 Å². The Morgan fingerprint density at radius 1 is 1.16 bits per heavy atom. The number of halogens is 1. The number of benzene rings is 2. The van der Waals surface area contributed by atoms with Crippen molar-refractivity contribution in [1.82, 2.24) is 29.2 Å². The van der Waals surface area contributed by atoms with Crippen LogP contribution in [-0.2, 0) is 18.4 Å². The highest BCUT2D eigenvalue weighted by atomic mass is 32.1. The summed E-state index contributed by atoms with van der Waals surface area (Å²) < 4.78 is 21.2. The van der Waals surface area contributed by atoms with Crippen molar-refractivity contribution in [2.24, 2.45) is 13.0 Å². The van der Waals surface area contributed by atoms with Crippen LogP contribution in [0.3, 0.4) is 0 Å². The molecular formula is C27H24FN7O2S. The molecule has 2 amide bonds. The number of aromatic nitrogens is 4. The molecule has 0 spiro atoms. The highest BCUT2D eigenvalue weighted by molar-refractivity contribution is 7.03. The fourth-order valence-corrected chi connectivity index (χ4v) is 5.16. The molecule has 1 fully saturated rings. The van der Waals surface area contributed by atoms with Gasteiger partial charge in [0, 0.05) is 47.5 Å². The molecule has 38 heavy (non-hydrogen) atoms. The molecule has 2 N–H and O–H groups in total. The zero-order chi connectivity index (χ0) is 26.6. The second-order valence-corrected chi connectivity index (χ2v) is 10.1. The topological polar surface area (TPSA) is 110 Å². The van der Waals surface area contributed by atoms with Gasteiger partial charge in [-0.3, -0.25) is 19.3 Å². The van der Waals surface area contributed by atoms with Crippen LogP contribution in [0.1, 0.15) is 28.8 Å². The van der Waals surface area contributed by atoms with Gasteiger partial charge in [0.25, 0.3) is 5.91 Å². The molecule has 0 radical (unpaired) electrons. The van der Waals surface area contributed by atoms with Crippen molar-refractivity contribution in [2.45, 2.75) is 19.4 Å². The Labute approximate surface area is 221 Å². The molecule has 1 saturated carbocycles. The molecule has 5 aromatic rings. The fourth-order valence-electron chi connectivity index (χ4n) is 4.62. The number of fused-ring (bicyclic) bond motifs is 3. The Balaban J connectivity index is 1.39. The molecule has 11 heteroatoms. The first-order valence-corrected chi connectivity index (χ1v) is 12.9. The summed E-state index contributed by atoms with van der Waals surface area (Å²) in [5.41, 5.74) is 9.43.